The second kappa shape index (κ2) is 5.12. The second-order valence-electron chi connectivity index (χ2n) is 3.42. The van der Waals surface area contributed by atoms with E-state index >= 15 is 0 Å². The van der Waals surface area contributed by atoms with Crippen LogP contribution < -0.4 is 4.74 Å². The molecule has 0 aliphatic rings. The van der Waals surface area contributed by atoms with Crippen molar-refractivity contribution in [2.75, 3.05) is 18.6 Å². The van der Waals surface area contributed by atoms with Crippen LogP contribution in [0.4, 0.5) is 0 Å². The number of sulfone groups is 1. The largest absolute Gasteiger partial charge is 0.493 e. The first-order chi connectivity index (χ1) is 7.44. The highest BCUT2D eigenvalue weighted by atomic mass is 32.2. The van der Waals surface area contributed by atoms with Gasteiger partial charge in [0.25, 0.3) is 0 Å². The number of hydrogen-bond acceptors (Lipinski definition) is 4. The highest BCUT2D eigenvalue weighted by Crippen LogP contribution is 2.18. The van der Waals surface area contributed by atoms with Crippen LogP contribution in [0.25, 0.3) is 0 Å². The van der Waals surface area contributed by atoms with Crippen LogP contribution in [-0.2, 0) is 9.84 Å². The maximum atomic E-state index is 11.7. The Kier molecular flexibility index (Phi) is 4.06. The summed E-state index contributed by atoms with van der Waals surface area (Å²) in [5, 5.41) is 0. The molecule has 0 amide bonds. The smallest absolute Gasteiger partial charge is 0.181 e. The lowest BCUT2D eigenvalue weighted by Gasteiger charge is -2.08. The summed E-state index contributed by atoms with van der Waals surface area (Å²) in [5.74, 6) is -0.498. The van der Waals surface area contributed by atoms with Gasteiger partial charge in [0.1, 0.15) is 11.5 Å². The molecule has 16 heavy (non-hydrogen) atoms. The molecule has 0 aromatic heterocycles. The zero-order chi connectivity index (χ0) is 12.2. The highest BCUT2D eigenvalue weighted by Gasteiger charge is 2.16. The molecule has 0 saturated carbocycles. The number of carbonyl (C=O) groups is 1. The molecule has 0 unspecified atom stereocenters. The van der Waals surface area contributed by atoms with Crippen LogP contribution in [0.5, 0.6) is 5.75 Å². The average molecular weight is 242 g/mol. The van der Waals surface area contributed by atoms with Gasteiger partial charge in [-0.05, 0) is 19.1 Å². The van der Waals surface area contributed by atoms with Gasteiger partial charge in [0.05, 0.1) is 12.2 Å². The molecular formula is C11H14O4S. The van der Waals surface area contributed by atoms with Crippen LogP contribution >= 0.6 is 0 Å². The molecular weight excluding hydrogens is 228 g/mol. The maximum absolute atomic E-state index is 11.7. The normalized spacial score (nSPS) is 11.1. The SMILES string of the molecule is CCOc1ccccc1C(=O)CS(C)(=O)=O. The van der Waals surface area contributed by atoms with Gasteiger partial charge in [-0.25, -0.2) is 8.42 Å². The minimum absolute atomic E-state index is 0.315. The Bertz CT molecular complexity index is 477. The van der Waals surface area contributed by atoms with E-state index in [1.165, 1.54) is 0 Å². The van der Waals surface area contributed by atoms with Crippen LogP contribution in [-0.4, -0.2) is 32.8 Å². The fraction of sp³-hybridized carbons (Fsp3) is 0.364. The fourth-order valence-corrected chi connectivity index (χ4v) is 1.93. The van der Waals surface area contributed by atoms with Crippen LogP contribution in [0, 0.1) is 0 Å². The van der Waals surface area contributed by atoms with Crippen molar-refractivity contribution in [1.82, 2.24) is 0 Å². The van der Waals surface area contributed by atoms with Gasteiger partial charge in [-0.3, -0.25) is 4.79 Å². The monoisotopic (exact) mass is 242 g/mol. The summed E-state index contributed by atoms with van der Waals surface area (Å²) in [7, 11) is -3.31. The Morgan fingerprint density at radius 3 is 2.50 bits per heavy atom. The maximum Gasteiger partial charge on any atom is 0.181 e. The lowest BCUT2D eigenvalue weighted by atomic mass is 10.1. The highest BCUT2D eigenvalue weighted by molar-refractivity contribution is 7.91. The van der Waals surface area contributed by atoms with Crippen LogP contribution in [0.15, 0.2) is 24.3 Å². The number of Topliss-reactive ketones (excluding diaryl/α,β-unsaturated/α-hetero) is 1. The Hall–Kier alpha value is -1.36. The van der Waals surface area contributed by atoms with E-state index in [4.69, 9.17) is 4.74 Å². The summed E-state index contributed by atoms with van der Waals surface area (Å²) in [4.78, 5) is 11.7. The van der Waals surface area contributed by atoms with Crippen molar-refractivity contribution in [2.24, 2.45) is 0 Å². The predicted molar refractivity (Wildman–Crippen MR) is 61.7 cm³/mol. The van der Waals surface area contributed by atoms with E-state index in [0.29, 0.717) is 17.9 Å². The Morgan fingerprint density at radius 2 is 1.94 bits per heavy atom. The number of hydrogen-bond donors (Lipinski definition) is 0. The molecule has 4 nitrogen and oxygen atoms in total. The third-order valence-electron chi connectivity index (χ3n) is 1.88. The van der Waals surface area contributed by atoms with Gasteiger partial charge in [-0.1, -0.05) is 12.1 Å². The predicted octanol–water partition coefficient (Wildman–Crippen LogP) is 1.31. The minimum Gasteiger partial charge on any atom is -0.493 e. The molecule has 0 saturated heterocycles. The van der Waals surface area contributed by atoms with E-state index in [2.05, 4.69) is 0 Å². The number of ketones is 1. The molecule has 0 aliphatic carbocycles. The Labute approximate surface area is 95.2 Å². The summed E-state index contributed by atoms with van der Waals surface area (Å²) in [6.45, 7) is 2.24. The lowest BCUT2D eigenvalue weighted by molar-refractivity contribution is 0.101. The molecule has 0 atom stereocenters. The Morgan fingerprint density at radius 1 is 1.31 bits per heavy atom. The average Bonchev–Trinajstić information content (AvgIpc) is 2.16. The summed E-state index contributed by atoms with van der Waals surface area (Å²) in [6, 6.07) is 6.64. The molecule has 0 fully saturated rings. The van der Waals surface area contributed by atoms with Crippen molar-refractivity contribution in [1.29, 1.82) is 0 Å². The fourth-order valence-electron chi connectivity index (χ4n) is 1.29. The van der Waals surface area contributed by atoms with Crippen molar-refractivity contribution in [3.63, 3.8) is 0 Å². The van der Waals surface area contributed by atoms with Crippen molar-refractivity contribution < 1.29 is 17.9 Å². The zero-order valence-electron chi connectivity index (χ0n) is 9.26. The third kappa shape index (κ3) is 3.66. The standard InChI is InChI=1S/C11H14O4S/c1-3-15-11-7-5-4-6-9(11)10(12)8-16(2,13)14/h4-7H,3,8H2,1-2H3. The third-order valence-corrected chi connectivity index (χ3v) is 2.67. The van der Waals surface area contributed by atoms with E-state index in [-0.39, 0.29) is 0 Å². The van der Waals surface area contributed by atoms with Crippen molar-refractivity contribution in [2.45, 2.75) is 6.92 Å². The molecule has 5 heteroatoms. The van der Waals surface area contributed by atoms with E-state index < -0.39 is 21.4 Å². The van der Waals surface area contributed by atoms with E-state index in [9.17, 15) is 13.2 Å². The first-order valence-electron chi connectivity index (χ1n) is 4.87. The molecule has 0 heterocycles. The lowest BCUT2D eigenvalue weighted by Crippen LogP contribution is -2.15. The second-order valence-corrected chi connectivity index (χ2v) is 5.56. The summed E-state index contributed by atoms with van der Waals surface area (Å²) in [6.07, 6.45) is 1.04. The van der Waals surface area contributed by atoms with Gasteiger partial charge in [0.2, 0.25) is 0 Å². The van der Waals surface area contributed by atoms with Gasteiger partial charge >= 0.3 is 0 Å². The molecule has 0 N–H and O–H groups in total. The number of rotatable bonds is 5. The summed E-state index contributed by atoms with van der Waals surface area (Å²) >= 11 is 0. The van der Waals surface area contributed by atoms with Gasteiger partial charge in [0, 0.05) is 6.26 Å². The van der Waals surface area contributed by atoms with Crippen molar-refractivity contribution >= 4 is 15.6 Å². The number of carbonyl (C=O) groups excluding carboxylic acids is 1. The molecule has 0 spiro atoms. The molecule has 0 aliphatic heterocycles. The quantitative estimate of drug-likeness (QED) is 0.730. The number of para-hydroxylation sites is 1. The summed E-state index contributed by atoms with van der Waals surface area (Å²) < 4.78 is 27.3. The first-order valence-corrected chi connectivity index (χ1v) is 6.93. The Balaban J connectivity index is 2.99. The van der Waals surface area contributed by atoms with Gasteiger partial charge in [-0.2, -0.15) is 0 Å². The van der Waals surface area contributed by atoms with Gasteiger partial charge in [0.15, 0.2) is 15.6 Å². The van der Waals surface area contributed by atoms with E-state index in [1.54, 1.807) is 31.2 Å². The van der Waals surface area contributed by atoms with Crippen molar-refractivity contribution in [3.05, 3.63) is 29.8 Å². The van der Waals surface area contributed by atoms with Crippen LogP contribution in [0.1, 0.15) is 17.3 Å². The van der Waals surface area contributed by atoms with E-state index in [1.807, 2.05) is 0 Å². The van der Waals surface area contributed by atoms with E-state index in [0.717, 1.165) is 6.26 Å². The van der Waals surface area contributed by atoms with Crippen LogP contribution in [0.2, 0.25) is 0 Å². The zero-order valence-corrected chi connectivity index (χ0v) is 10.1. The number of benzene rings is 1. The number of ether oxygens (including phenoxy) is 1. The van der Waals surface area contributed by atoms with Crippen molar-refractivity contribution in [3.8, 4) is 5.75 Å². The molecule has 0 radical (unpaired) electrons. The van der Waals surface area contributed by atoms with Gasteiger partial charge in [-0.15, -0.1) is 0 Å². The molecule has 88 valence electrons. The van der Waals surface area contributed by atoms with Gasteiger partial charge < -0.3 is 4.74 Å². The molecule has 1 rings (SSSR count). The minimum atomic E-state index is -3.31. The first kappa shape index (κ1) is 12.7. The molecule has 0 bridgehead atoms. The topological polar surface area (TPSA) is 60.4 Å². The molecule has 1 aromatic rings. The molecule has 1 aromatic carbocycles. The van der Waals surface area contributed by atoms with Crippen LogP contribution in [0.3, 0.4) is 0 Å². The summed E-state index contributed by atoms with van der Waals surface area (Å²) in [5.41, 5.74) is 0.315.